The molecule has 1 N–H and O–H groups in total. The Morgan fingerprint density at radius 2 is 1.65 bits per heavy atom. The number of benzene rings is 2. The third-order valence-electron chi connectivity index (χ3n) is 6.19. The maximum atomic E-state index is 13.3. The van der Waals surface area contributed by atoms with E-state index in [1.807, 2.05) is 36.4 Å². The predicted molar refractivity (Wildman–Crippen MR) is 125 cm³/mol. The standard InChI is InChI=1S/C26H19ClF3N3O/c27-21-12-18(17-11-16-5-1-4-8-22(16)31-13-17)14-32-23(21)25(9-10-25)15-33-24(34)19-6-2-3-7-20(19)26(28,29)30/h1-8,11-14H,9-10,15H2,(H,33,34). The second kappa shape index (κ2) is 8.40. The summed E-state index contributed by atoms with van der Waals surface area (Å²) in [6, 6.07) is 16.4. The van der Waals surface area contributed by atoms with Crippen LogP contribution in [-0.2, 0) is 11.6 Å². The highest BCUT2D eigenvalue weighted by molar-refractivity contribution is 6.31. The summed E-state index contributed by atoms with van der Waals surface area (Å²) < 4.78 is 39.8. The topological polar surface area (TPSA) is 54.9 Å². The van der Waals surface area contributed by atoms with Gasteiger partial charge in [0.1, 0.15) is 0 Å². The van der Waals surface area contributed by atoms with Crippen molar-refractivity contribution in [3.63, 3.8) is 0 Å². The Morgan fingerprint density at radius 3 is 2.38 bits per heavy atom. The van der Waals surface area contributed by atoms with E-state index in [0.717, 1.165) is 40.9 Å². The van der Waals surface area contributed by atoms with Crippen molar-refractivity contribution >= 4 is 28.4 Å². The monoisotopic (exact) mass is 481 g/mol. The molecule has 0 radical (unpaired) electrons. The molecule has 0 bridgehead atoms. The molecule has 1 saturated carbocycles. The Labute approximate surface area is 198 Å². The lowest BCUT2D eigenvalue weighted by atomic mass is 9.99. The molecule has 172 valence electrons. The van der Waals surface area contributed by atoms with Crippen LogP contribution in [-0.4, -0.2) is 22.4 Å². The van der Waals surface area contributed by atoms with E-state index in [1.54, 1.807) is 12.4 Å². The smallest absolute Gasteiger partial charge is 0.351 e. The number of rotatable bonds is 5. The molecule has 1 aliphatic rings. The van der Waals surface area contributed by atoms with Crippen LogP contribution in [0.1, 0.15) is 34.5 Å². The lowest BCUT2D eigenvalue weighted by Gasteiger charge is -2.19. The summed E-state index contributed by atoms with van der Waals surface area (Å²) >= 11 is 6.60. The second-order valence-corrected chi connectivity index (χ2v) is 8.88. The maximum Gasteiger partial charge on any atom is 0.417 e. The average Bonchev–Trinajstić information content (AvgIpc) is 3.62. The molecule has 2 heterocycles. The summed E-state index contributed by atoms with van der Waals surface area (Å²) in [6.45, 7) is 0.154. The molecule has 1 aliphatic carbocycles. The van der Waals surface area contributed by atoms with Gasteiger partial charge in [0, 0.05) is 40.9 Å². The van der Waals surface area contributed by atoms with Gasteiger partial charge in [0.25, 0.3) is 5.91 Å². The maximum absolute atomic E-state index is 13.3. The SMILES string of the molecule is O=C(NCC1(c2ncc(-c3cnc4ccccc4c3)cc2Cl)CC1)c1ccccc1C(F)(F)F. The van der Waals surface area contributed by atoms with Gasteiger partial charge in [-0.25, -0.2) is 0 Å². The van der Waals surface area contributed by atoms with Gasteiger partial charge in [-0.3, -0.25) is 14.8 Å². The molecule has 5 rings (SSSR count). The summed E-state index contributed by atoms with van der Waals surface area (Å²) in [7, 11) is 0. The Kier molecular flexibility index (Phi) is 5.52. The first-order chi connectivity index (χ1) is 16.3. The van der Waals surface area contributed by atoms with E-state index in [0.29, 0.717) is 10.7 Å². The van der Waals surface area contributed by atoms with Crippen LogP contribution in [0, 0.1) is 0 Å². The summed E-state index contributed by atoms with van der Waals surface area (Å²) in [6.07, 6.45) is 0.341. The van der Waals surface area contributed by atoms with E-state index in [1.165, 1.54) is 18.2 Å². The van der Waals surface area contributed by atoms with Gasteiger partial charge in [0.2, 0.25) is 0 Å². The number of amides is 1. The van der Waals surface area contributed by atoms with E-state index in [4.69, 9.17) is 11.6 Å². The fourth-order valence-corrected chi connectivity index (χ4v) is 4.50. The molecule has 0 atom stereocenters. The van der Waals surface area contributed by atoms with Crippen LogP contribution >= 0.6 is 11.6 Å². The number of para-hydroxylation sites is 1. The first kappa shape index (κ1) is 22.3. The molecule has 0 saturated heterocycles. The summed E-state index contributed by atoms with van der Waals surface area (Å²) in [5.74, 6) is -0.769. The van der Waals surface area contributed by atoms with Crippen molar-refractivity contribution < 1.29 is 18.0 Å². The van der Waals surface area contributed by atoms with Gasteiger partial charge in [-0.1, -0.05) is 41.9 Å². The van der Waals surface area contributed by atoms with Crippen LogP contribution in [0.3, 0.4) is 0 Å². The second-order valence-electron chi connectivity index (χ2n) is 8.48. The van der Waals surface area contributed by atoms with Crippen LogP contribution < -0.4 is 5.32 Å². The molecule has 4 aromatic rings. The lowest BCUT2D eigenvalue weighted by Crippen LogP contribution is -2.34. The minimum Gasteiger partial charge on any atom is -0.351 e. The van der Waals surface area contributed by atoms with Gasteiger partial charge in [0.15, 0.2) is 0 Å². The van der Waals surface area contributed by atoms with Gasteiger partial charge in [-0.05, 0) is 43.2 Å². The third kappa shape index (κ3) is 4.23. The van der Waals surface area contributed by atoms with E-state index >= 15 is 0 Å². The molecule has 1 fully saturated rings. The van der Waals surface area contributed by atoms with Crippen LogP contribution in [0.15, 0.2) is 73.1 Å². The Morgan fingerprint density at radius 1 is 0.971 bits per heavy atom. The molecule has 2 aromatic heterocycles. The average molecular weight is 482 g/mol. The van der Waals surface area contributed by atoms with Crippen molar-refractivity contribution in [1.82, 2.24) is 15.3 Å². The Hall–Kier alpha value is -3.45. The van der Waals surface area contributed by atoms with E-state index in [9.17, 15) is 18.0 Å². The first-order valence-corrected chi connectivity index (χ1v) is 11.1. The molecule has 0 spiro atoms. The number of carbonyl (C=O) groups is 1. The van der Waals surface area contributed by atoms with E-state index in [-0.39, 0.29) is 6.54 Å². The van der Waals surface area contributed by atoms with Crippen LogP contribution in [0.4, 0.5) is 13.2 Å². The molecule has 2 aromatic carbocycles. The minimum atomic E-state index is -4.61. The molecular formula is C26H19ClF3N3O. The first-order valence-electron chi connectivity index (χ1n) is 10.7. The van der Waals surface area contributed by atoms with Crippen molar-refractivity contribution in [3.05, 3.63) is 94.9 Å². The highest BCUT2D eigenvalue weighted by Crippen LogP contribution is 2.49. The Balaban J connectivity index is 1.36. The molecule has 34 heavy (non-hydrogen) atoms. The van der Waals surface area contributed by atoms with E-state index < -0.39 is 28.6 Å². The zero-order valence-electron chi connectivity index (χ0n) is 17.9. The number of alkyl halides is 3. The molecule has 8 heteroatoms. The number of carbonyl (C=O) groups excluding carboxylic acids is 1. The van der Waals surface area contributed by atoms with Crippen LogP contribution in [0.5, 0.6) is 0 Å². The van der Waals surface area contributed by atoms with Gasteiger partial charge >= 0.3 is 6.18 Å². The minimum absolute atomic E-state index is 0.154. The Bertz CT molecular complexity index is 1400. The van der Waals surface area contributed by atoms with Gasteiger partial charge in [-0.2, -0.15) is 13.2 Å². The number of fused-ring (bicyclic) bond motifs is 1. The number of aromatic nitrogens is 2. The summed E-state index contributed by atoms with van der Waals surface area (Å²) in [4.78, 5) is 21.6. The van der Waals surface area contributed by atoms with E-state index in [2.05, 4.69) is 15.3 Å². The third-order valence-corrected chi connectivity index (χ3v) is 6.47. The number of nitrogens with zero attached hydrogens (tertiary/aromatic N) is 2. The highest BCUT2D eigenvalue weighted by atomic mass is 35.5. The van der Waals surface area contributed by atoms with Crippen molar-refractivity contribution in [2.45, 2.75) is 24.4 Å². The van der Waals surface area contributed by atoms with Gasteiger partial charge in [-0.15, -0.1) is 0 Å². The molecular weight excluding hydrogens is 463 g/mol. The zero-order valence-corrected chi connectivity index (χ0v) is 18.6. The fraction of sp³-hybridized carbons (Fsp3) is 0.192. The van der Waals surface area contributed by atoms with Gasteiger partial charge in [0.05, 0.1) is 27.4 Å². The normalized spacial score (nSPS) is 14.7. The fourth-order valence-electron chi connectivity index (χ4n) is 4.14. The van der Waals surface area contributed by atoms with Crippen molar-refractivity contribution in [2.24, 2.45) is 0 Å². The number of pyridine rings is 2. The summed E-state index contributed by atoms with van der Waals surface area (Å²) in [5.41, 5.74) is 1.37. The molecule has 1 amide bonds. The van der Waals surface area contributed by atoms with Crippen LogP contribution in [0.2, 0.25) is 5.02 Å². The largest absolute Gasteiger partial charge is 0.417 e. The quantitative estimate of drug-likeness (QED) is 0.357. The number of hydrogen-bond donors (Lipinski definition) is 1. The van der Waals surface area contributed by atoms with Crippen LogP contribution in [0.25, 0.3) is 22.0 Å². The highest BCUT2D eigenvalue weighted by Gasteiger charge is 2.47. The van der Waals surface area contributed by atoms with Crippen molar-refractivity contribution in [1.29, 1.82) is 0 Å². The molecule has 0 unspecified atom stereocenters. The molecule has 4 nitrogen and oxygen atoms in total. The van der Waals surface area contributed by atoms with Crippen molar-refractivity contribution in [2.75, 3.05) is 6.54 Å². The number of hydrogen-bond acceptors (Lipinski definition) is 3. The summed E-state index contributed by atoms with van der Waals surface area (Å²) in [5, 5.41) is 4.11. The predicted octanol–water partition coefficient (Wildman–Crippen LogP) is 6.43. The zero-order chi connectivity index (χ0) is 23.9. The number of nitrogens with one attached hydrogen (secondary N) is 1. The molecule has 0 aliphatic heterocycles. The van der Waals surface area contributed by atoms with Gasteiger partial charge < -0.3 is 5.32 Å². The van der Waals surface area contributed by atoms with Crippen molar-refractivity contribution in [3.8, 4) is 11.1 Å². The lowest BCUT2D eigenvalue weighted by molar-refractivity contribution is -0.137. The number of halogens is 4.